The molecule has 3 aromatic carbocycles. The van der Waals surface area contributed by atoms with E-state index in [1.165, 1.54) is 5.56 Å². The van der Waals surface area contributed by atoms with Crippen molar-refractivity contribution in [1.82, 2.24) is 9.88 Å². The van der Waals surface area contributed by atoms with E-state index in [0.29, 0.717) is 23.0 Å². The van der Waals surface area contributed by atoms with E-state index in [1.54, 1.807) is 36.5 Å². The van der Waals surface area contributed by atoms with Crippen LogP contribution in [0.15, 0.2) is 54.7 Å². The molecule has 4 aromatic rings. The van der Waals surface area contributed by atoms with Crippen LogP contribution >= 0.6 is 11.6 Å². The van der Waals surface area contributed by atoms with Crippen LogP contribution in [0.4, 0.5) is 0 Å². The second-order valence-corrected chi connectivity index (χ2v) is 9.96. The lowest BCUT2D eigenvalue weighted by Gasteiger charge is -2.11. The number of ketones is 1. The zero-order valence-corrected chi connectivity index (χ0v) is 21.5. The second kappa shape index (κ2) is 10.8. The summed E-state index contributed by atoms with van der Waals surface area (Å²) in [6.45, 7) is 0.173. The van der Waals surface area contributed by atoms with Crippen molar-refractivity contribution in [1.29, 1.82) is 0 Å². The average molecular weight is 534 g/mol. The molecule has 196 valence electrons. The number of aliphatic hydroxyl groups excluding tert-OH is 1. The SMILES string of the molecule is NC(=O)c1cc2cc(Cl)ccc2cc1OCC(=O)c1cn(CCC(=O)NCCO)c2cc(C3CC3)ccc12. The Kier molecular flexibility index (Phi) is 7.35. The number of carbonyl (C=O) groups is 3. The minimum atomic E-state index is -0.669. The van der Waals surface area contributed by atoms with E-state index in [9.17, 15) is 14.4 Å². The number of rotatable bonds is 11. The predicted octanol–water partition coefficient (Wildman–Crippen LogP) is 4.18. The molecule has 0 atom stereocenters. The smallest absolute Gasteiger partial charge is 0.252 e. The van der Waals surface area contributed by atoms with Crippen LogP contribution in [0.1, 0.15) is 51.5 Å². The molecule has 1 aliphatic carbocycles. The largest absolute Gasteiger partial charge is 0.485 e. The van der Waals surface area contributed by atoms with E-state index in [1.807, 2.05) is 10.6 Å². The zero-order chi connectivity index (χ0) is 26.8. The molecule has 1 heterocycles. The number of aliphatic hydroxyl groups is 1. The number of halogens is 1. The number of hydrogen-bond acceptors (Lipinski definition) is 5. The molecule has 2 amide bonds. The highest BCUT2D eigenvalue weighted by atomic mass is 35.5. The fourth-order valence-electron chi connectivity index (χ4n) is 4.67. The lowest BCUT2D eigenvalue weighted by Crippen LogP contribution is -2.27. The minimum Gasteiger partial charge on any atom is -0.485 e. The number of aromatic nitrogens is 1. The summed E-state index contributed by atoms with van der Waals surface area (Å²) in [7, 11) is 0. The molecule has 0 bridgehead atoms. The number of fused-ring (bicyclic) bond motifs is 2. The van der Waals surface area contributed by atoms with Gasteiger partial charge in [-0.25, -0.2) is 0 Å². The quantitative estimate of drug-likeness (QED) is 0.249. The van der Waals surface area contributed by atoms with Crippen molar-refractivity contribution in [2.24, 2.45) is 5.73 Å². The van der Waals surface area contributed by atoms with Crippen LogP contribution in [0.2, 0.25) is 5.02 Å². The van der Waals surface area contributed by atoms with Gasteiger partial charge in [-0.15, -0.1) is 0 Å². The molecule has 8 nitrogen and oxygen atoms in total. The highest BCUT2D eigenvalue weighted by molar-refractivity contribution is 6.31. The maximum absolute atomic E-state index is 13.4. The third kappa shape index (κ3) is 5.51. The van der Waals surface area contributed by atoms with Gasteiger partial charge in [0.1, 0.15) is 5.75 Å². The summed E-state index contributed by atoms with van der Waals surface area (Å²) >= 11 is 6.08. The van der Waals surface area contributed by atoms with Crippen molar-refractivity contribution in [2.45, 2.75) is 31.7 Å². The minimum absolute atomic E-state index is 0.121. The van der Waals surface area contributed by atoms with E-state index in [0.717, 1.165) is 34.5 Å². The molecule has 38 heavy (non-hydrogen) atoms. The van der Waals surface area contributed by atoms with E-state index >= 15 is 0 Å². The van der Waals surface area contributed by atoms with Gasteiger partial charge in [-0.05, 0) is 65.4 Å². The van der Waals surface area contributed by atoms with Crippen molar-refractivity contribution in [3.8, 4) is 5.75 Å². The summed E-state index contributed by atoms with van der Waals surface area (Å²) in [4.78, 5) is 37.6. The summed E-state index contributed by atoms with van der Waals surface area (Å²) in [5, 5.41) is 14.4. The van der Waals surface area contributed by atoms with Crippen LogP contribution in [-0.4, -0.2) is 47.0 Å². The number of nitrogens with zero attached hydrogens (tertiary/aromatic N) is 1. The first kappa shape index (κ1) is 25.8. The summed E-state index contributed by atoms with van der Waals surface area (Å²) in [5.74, 6) is -0.344. The lowest BCUT2D eigenvalue weighted by molar-refractivity contribution is -0.121. The molecule has 1 aliphatic rings. The van der Waals surface area contributed by atoms with Gasteiger partial charge in [0.25, 0.3) is 5.91 Å². The Hall–Kier alpha value is -3.88. The molecule has 1 saturated carbocycles. The highest BCUT2D eigenvalue weighted by Gasteiger charge is 2.25. The number of aryl methyl sites for hydroxylation is 1. The maximum Gasteiger partial charge on any atom is 0.252 e. The maximum atomic E-state index is 13.4. The van der Waals surface area contributed by atoms with Crippen LogP contribution in [0, 0.1) is 0 Å². The fourth-order valence-corrected chi connectivity index (χ4v) is 4.85. The van der Waals surface area contributed by atoms with Crippen molar-refractivity contribution >= 4 is 50.9 Å². The molecule has 0 spiro atoms. The first-order valence-corrected chi connectivity index (χ1v) is 12.9. The Morgan fingerprint density at radius 3 is 2.61 bits per heavy atom. The second-order valence-electron chi connectivity index (χ2n) is 9.53. The van der Waals surface area contributed by atoms with Gasteiger partial charge in [-0.3, -0.25) is 14.4 Å². The Morgan fingerprint density at radius 2 is 1.87 bits per heavy atom. The van der Waals surface area contributed by atoms with Crippen molar-refractivity contribution < 1.29 is 24.2 Å². The van der Waals surface area contributed by atoms with E-state index < -0.39 is 5.91 Å². The molecule has 9 heteroatoms. The van der Waals surface area contributed by atoms with Gasteiger partial charge < -0.3 is 25.5 Å². The molecular weight excluding hydrogens is 506 g/mol. The number of benzene rings is 3. The number of primary amides is 1. The number of ether oxygens (including phenoxy) is 1. The molecule has 0 radical (unpaired) electrons. The number of amides is 2. The van der Waals surface area contributed by atoms with E-state index in [4.69, 9.17) is 27.2 Å². The number of Topliss-reactive ketones (excluding diaryl/α,β-unsaturated/α-hetero) is 1. The summed E-state index contributed by atoms with van der Waals surface area (Å²) < 4.78 is 7.76. The first-order chi connectivity index (χ1) is 18.3. The Labute approximate surface area is 224 Å². The van der Waals surface area contributed by atoms with Crippen LogP contribution in [0.5, 0.6) is 5.75 Å². The summed E-state index contributed by atoms with van der Waals surface area (Å²) in [5.41, 5.74) is 8.33. The lowest BCUT2D eigenvalue weighted by atomic mass is 10.0. The summed E-state index contributed by atoms with van der Waals surface area (Å²) in [6.07, 6.45) is 4.26. The van der Waals surface area contributed by atoms with Gasteiger partial charge in [-0.2, -0.15) is 0 Å². The van der Waals surface area contributed by atoms with Crippen LogP contribution in [0.3, 0.4) is 0 Å². The van der Waals surface area contributed by atoms with Crippen LogP contribution in [0.25, 0.3) is 21.7 Å². The van der Waals surface area contributed by atoms with E-state index in [-0.39, 0.29) is 49.2 Å². The Morgan fingerprint density at radius 1 is 1.05 bits per heavy atom. The number of hydrogen-bond donors (Lipinski definition) is 3. The normalized spacial score (nSPS) is 13.1. The third-order valence-electron chi connectivity index (χ3n) is 6.79. The monoisotopic (exact) mass is 533 g/mol. The molecule has 0 unspecified atom stereocenters. The molecule has 0 saturated heterocycles. The number of nitrogens with two attached hydrogens (primary N) is 1. The molecule has 5 rings (SSSR count). The Balaban J connectivity index is 1.41. The molecule has 1 fully saturated rings. The Bertz CT molecular complexity index is 1560. The molecule has 0 aliphatic heterocycles. The number of nitrogens with one attached hydrogen (secondary N) is 1. The molecule has 1 aromatic heterocycles. The van der Waals surface area contributed by atoms with Crippen LogP contribution in [-0.2, 0) is 11.3 Å². The molecular formula is C29H28ClN3O5. The zero-order valence-electron chi connectivity index (χ0n) is 20.7. The highest BCUT2D eigenvalue weighted by Crippen LogP contribution is 2.41. The van der Waals surface area contributed by atoms with Gasteiger partial charge in [0, 0.05) is 47.2 Å². The number of carbonyl (C=O) groups excluding carboxylic acids is 3. The predicted molar refractivity (Wildman–Crippen MR) is 146 cm³/mol. The fraction of sp³-hybridized carbons (Fsp3) is 0.276. The van der Waals surface area contributed by atoms with Crippen LogP contribution < -0.4 is 15.8 Å². The molecule has 4 N–H and O–H groups in total. The van der Waals surface area contributed by atoms with Gasteiger partial charge in [0.05, 0.1) is 12.2 Å². The summed E-state index contributed by atoms with van der Waals surface area (Å²) in [6, 6.07) is 14.6. The van der Waals surface area contributed by atoms with Gasteiger partial charge in [0.15, 0.2) is 6.61 Å². The van der Waals surface area contributed by atoms with Crippen molar-refractivity contribution in [3.63, 3.8) is 0 Å². The van der Waals surface area contributed by atoms with Crippen molar-refractivity contribution in [2.75, 3.05) is 19.8 Å². The van der Waals surface area contributed by atoms with E-state index in [2.05, 4.69) is 17.4 Å². The van der Waals surface area contributed by atoms with Gasteiger partial charge >= 0.3 is 0 Å². The van der Waals surface area contributed by atoms with Gasteiger partial charge in [-0.1, -0.05) is 29.8 Å². The van der Waals surface area contributed by atoms with Crippen molar-refractivity contribution in [3.05, 3.63) is 76.4 Å². The first-order valence-electron chi connectivity index (χ1n) is 12.5. The average Bonchev–Trinajstić information content (AvgIpc) is 3.70. The third-order valence-corrected chi connectivity index (χ3v) is 7.03. The standard InChI is InChI=1S/C29H28ClN3O5/c30-21-5-3-19-14-27(23(29(31)37)12-20(19)11-21)38-16-26(35)24-15-33(9-7-28(36)32-8-10-34)25-13-18(17-1-2-17)4-6-22(24)25/h3-6,11-15,17,34H,1-2,7-10,16H2,(H2,31,37)(H,32,36). The van der Waals surface area contributed by atoms with Gasteiger partial charge in [0.2, 0.25) is 11.7 Å². The topological polar surface area (TPSA) is 124 Å².